The molecule has 0 radical (unpaired) electrons. The summed E-state index contributed by atoms with van der Waals surface area (Å²) in [5.41, 5.74) is 0. The number of Topliss-reactive ketones (excluding diaryl/α,β-unsaturated/α-hetero) is 2. The summed E-state index contributed by atoms with van der Waals surface area (Å²) < 4.78 is 0. The van der Waals surface area contributed by atoms with Crippen LogP contribution in [0, 0.1) is 11.8 Å². The molecule has 0 amide bonds. The van der Waals surface area contributed by atoms with Gasteiger partial charge in [-0.15, -0.1) is 0 Å². The lowest BCUT2D eigenvalue weighted by Gasteiger charge is -2.35. The third kappa shape index (κ3) is 1.10. The van der Waals surface area contributed by atoms with E-state index in [-0.39, 0.29) is 11.8 Å². The van der Waals surface area contributed by atoms with Crippen molar-refractivity contribution in [3.8, 4) is 0 Å². The summed E-state index contributed by atoms with van der Waals surface area (Å²) in [4.78, 5) is 22.4. The smallest absolute Gasteiger partial charge is 0.136 e. The predicted molar refractivity (Wildman–Crippen MR) is 40.1 cm³/mol. The number of hydrogen-bond donors (Lipinski definition) is 0. The van der Waals surface area contributed by atoms with Crippen molar-refractivity contribution < 1.29 is 9.59 Å². The normalized spacial score (nSPS) is 37.5. The molecule has 60 valence electrons. The Morgan fingerprint density at radius 3 is 1.82 bits per heavy atom. The second kappa shape index (κ2) is 2.43. The first kappa shape index (κ1) is 7.01. The zero-order valence-corrected chi connectivity index (χ0v) is 6.51. The zero-order chi connectivity index (χ0) is 7.84. The van der Waals surface area contributed by atoms with Gasteiger partial charge in [0.25, 0.3) is 0 Å². The Morgan fingerprint density at radius 1 is 0.909 bits per heavy atom. The third-order valence-electron chi connectivity index (χ3n) is 2.90. The first-order chi connectivity index (χ1) is 5.27. The van der Waals surface area contributed by atoms with Crippen LogP contribution in [-0.4, -0.2) is 11.6 Å². The minimum absolute atomic E-state index is 0.254. The fourth-order valence-electron chi connectivity index (χ4n) is 1.99. The molecule has 0 spiro atoms. The summed E-state index contributed by atoms with van der Waals surface area (Å²) in [5.74, 6) is 1.30. The van der Waals surface area contributed by atoms with Crippen LogP contribution in [0.4, 0.5) is 0 Å². The van der Waals surface area contributed by atoms with E-state index in [2.05, 4.69) is 0 Å². The Labute approximate surface area is 66.0 Å². The van der Waals surface area contributed by atoms with E-state index in [1.807, 2.05) is 0 Å². The SMILES string of the molecule is O=C1CCCC(=O)C2CC1C2. The van der Waals surface area contributed by atoms with Gasteiger partial charge in [0, 0.05) is 24.7 Å². The molecule has 3 rings (SSSR count). The Kier molecular flexibility index (Phi) is 1.55. The molecular formula is C9H12O2. The maximum absolute atomic E-state index is 11.2. The van der Waals surface area contributed by atoms with E-state index >= 15 is 0 Å². The van der Waals surface area contributed by atoms with E-state index in [1.165, 1.54) is 0 Å². The first-order valence-electron chi connectivity index (χ1n) is 4.33. The van der Waals surface area contributed by atoms with Gasteiger partial charge >= 0.3 is 0 Å². The van der Waals surface area contributed by atoms with Gasteiger partial charge in [-0.3, -0.25) is 9.59 Å². The van der Waals surface area contributed by atoms with Crippen molar-refractivity contribution in [1.29, 1.82) is 0 Å². The molecule has 2 bridgehead atoms. The average molecular weight is 152 g/mol. The van der Waals surface area contributed by atoms with Crippen LogP contribution in [0.15, 0.2) is 0 Å². The quantitative estimate of drug-likeness (QED) is 0.524. The molecule has 0 heterocycles. The zero-order valence-electron chi connectivity index (χ0n) is 6.51. The van der Waals surface area contributed by atoms with Crippen LogP contribution in [0.3, 0.4) is 0 Å². The van der Waals surface area contributed by atoms with Crippen molar-refractivity contribution in [2.75, 3.05) is 0 Å². The summed E-state index contributed by atoms with van der Waals surface area (Å²) in [5, 5.41) is 0. The van der Waals surface area contributed by atoms with Gasteiger partial charge in [0.2, 0.25) is 0 Å². The maximum Gasteiger partial charge on any atom is 0.136 e. The van der Waals surface area contributed by atoms with Crippen LogP contribution in [0.1, 0.15) is 32.1 Å². The highest BCUT2D eigenvalue weighted by Gasteiger charge is 2.39. The molecule has 0 atom stereocenters. The van der Waals surface area contributed by atoms with Crippen molar-refractivity contribution in [3.05, 3.63) is 0 Å². The highest BCUT2D eigenvalue weighted by molar-refractivity contribution is 5.89. The lowest BCUT2D eigenvalue weighted by Crippen LogP contribution is -2.37. The van der Waals surface area contributed by atoms with Crippen molar-refractivity contribution in [1.82, 2.24) is 0 Å². The number of carbonyl (C=O) groups is 2. The number of ketones is 2. The van der Waals surface area contributed by atoms with E-state index in [0.717, 1.165) is 19.3 Å². The molecule has 0 aromatic carbocycles. The molecule has 11 heavy (non-hydrogen) atoms. The van der Waals surface area contributed by atoms with Crippen LogP contribution < -0.4 is 0 Å². The van der Waals surface area contributed by atoms with Crippen molar-refractivity contribution in [2.45, 2.75) is 32.1 Å². The average Bonchev–Trinajstić information content (AvgIpc) is 1.80. The van der Waals surface area contributed by atoms with E-state index in [4.69, 9.17) is 0 Å². The van der Waals surface area contributed by atoms with E-state index in [1.54, 1.807) is 0 Å². The van der Waals surface area contributed by atoms with E-state index in [0.29, 0.717) is 24.4 Å². The molecule has 0 unspecified atom stereocenters. The monoisotopic (exact) mass is 152 g/mol. The lowest BCUT2D eigenvalue weighted by atomic mass is 9.67. The van der Waals surface area contributed by atoms with Crippen molar-refractivity contribution >= 4 is 11.6 Å². The molecule has 2 heteroatoms. The number of rotatable bonds is 0. The third-order valence-corrected chi connectivity index (χ3v) is 2.90. The van der Waals surface area contributed by atoms with Crippen LogP contribution >= 0.6 is 0 Å². The Balaban J connectivity index is 2.05. The van der Waals surface area contributed by atoms with Gasteiger partial charge in [-0.1, -0.05) is 0 Å². The Morgan fingerprint density at radius 2 is 1.36 bits per heavy atom. The Bertz CT molecular complexity index is 182. The number of hydrogen-bond acceptors (Lipinski definition) is 2. The number of carbonyl (C=O) groups excluding carboxylic acids is 2. The topological polar surface area (TPSA) is 34.1 Å². The minimum atomic E-state index is 0.254. The van der Waals surface area contributed by atoms with Crippen molar-refractivity contribution in [2.24, 2.45) is 11.8 Å². The lowest BCUT2D eigenvalue weighted by molar-refractivity contribution is -0.135. The van der Waals surface area contributed by atoms with Crippen LogP contribution in [0.25, 0.3) is 0 Å². The standard InChI is InChI=1S/C9H12O2/c10-8-2-1-3-9(11)7-4-6(8)5-7/h6-7H,1-5H2. The summed E-state index contributed by atoms with van der Waals surface area (Å²) in [7, 11) is 0. The van der Waals surface area contributed by atoms with Gasteiger partial charge in [0.1, 0.15) is 11.6 Å². The summed E-state index contributed by atoms with van der Waals surface area (Å²) in [6, 6.07) is 0. The molecule has 0 aromatic heterocycles. The van der Waals surface area contributed by atoms with Gasteiger partial charge in [0.15, 0.2) is 0 Å². The molecule has 3 aliphatic carbocycles. The fraction of sp³-hybridized carbons (Fsp3) is 0.778. The van der Waals surface area contributed by atoms with Gasteiger partial charge in [-0.2, -0.15) is 0 Å². The highest BCUT2D eigenvalue weighted by atomic mass is 16.1. The van der Waals surface area contributed by atoms with Crippen LogP contribution in [0.5, 0.6) is 0 Å². The van der Waals surface area contributed by atoms with Crippen molar-refractivity contribution in [3.63, 3.8) is 0 Å². The molecule has 0 aromatic rings. The molecule has 3 fully saturated rings. The van der Waals surface area contributed by atoms with Crippen LogP contribution in [0.2, 0.25) is 0 Å². The molecule has 3 aliphatic rings. The van der Waals surface area contributed by atoms with Crippen LogP contribution in [-0.2, 0) is 9.59 Å². The second-order valence-electron chi connectivity index (χ2n) is 3.65. The summed E-state index contributed by atoms with van der Waals surface area (Å²) >= 11 is 0. The molecule has 0 aliphatic heterocycles. The molecular weight excluding hydrogens is 140 g/mol. The molecule has 0 N–H and O–H groups in total. The van der Waals surface area contributed by atoms with Gasteiger partial charge in [-0.25, -0.2) is 0 Å². The molecule has 0 saturated heterocycles. The van der Waals surface area contributed by atoms with E-state index < -0.39 is 0 Å². The first-order valence-corrected chi connectivity index (χ1v) is 4.33. The Hall–Kier alpha value is -0.660. The number of fused-ring (bicyclic) bond motifs is 4. The van der Waals surface area contributed by atoms with Gasteiger partial charge in [-0.05, 0) is 19.3 Å². The molecule has 2 nitrogen and oxygen atoms in total. The summed E-state index contributed by atoms with van der Waals surface area (Å²) in [6.07, 6.45) is 3.80. The van der Waals surface area contributed by atoms with Gasteiger partial charge in [0.05, 0.1) is 0 Å². The highest BCUT2D eigenvalue weighted by Crippen LogP contribution is 2.38. The minimum Gasteiger partial charge on any atom is -0.299 e. The summed E-state index contributed by atoms with van der Waals surface area (Å²) in [6.45, 7) is 0. The molecule has 3 saturated carbocycles. The predicted octanol–water partition coefficient (Wildman–Crippen LogP) is 1.33. The van der Waals surface area contributed by atoms with Gasteiger partial charge < -0.3 is 0 Å². The largest absolute Gasteiger partial charge is 0.299 e. The maximum atomic E-state index is 11.2. The fourth-order valence-corrected chi connectivity index (χ4v) is 1.99. The second-order valence-corrected chi connectivity index (χ2v) is 3.65. The van der Waals surface area contributed by atoms with E-state index in [9.17, 15) is 9.59 Å².